The molecule has 17 heavy (non-hydrogen) atoms. The van der Waals surface area contributed by atoms with E-state index in [1.54, 1.807) is 0 Å². The Morgan fingerprint density at radius 1 is 1.35 bits per heavy atom. The Balaban J connectivity index is 2.92. The van der Waals surface area contributed by atoms with E-state index in [0.717, 1.165) is 30.0 Å². The summed E-state index contributed by atoms with van der Waals surface area (Å²) < 4.78 is 0. The molecule has 5 heteroatoms. The molecule has 96 valence electrons. The largest absolute Gasteiger partial charge is 0.396 e. The number of nitrogens with one attached hydrogen (secondary N) is 1. The van der Waals surface area contributed by atoms with Crippen molar-refractivity contribution in [2.24, 2.45) is 0 Å². The second-order valence-electron chi connectivity index (χ2n) is 4.11. The average molecular weight is 238 g/mol. The molecule has 1 heterocycles. The fourth-order valence-corrected chi connectivity index (χ4v) is 1.61. The number of anilines is 2. The number of aliphatic hydroxyl groups is 1. The molecule has 0 saturated carbocycles. The maximum Gasteiger partial charge on any atom is 0.134 e. The number of nitrogen functional groups attached to an aromatic ring is 1. The van der Waals surface area contributed by atoms with Crippen molar-refractivity contribution in [3.05, 3.63) is 11.4 Å². The lowest BCUT2D eigenvalue weighted by Gasteiger charge is -2.18. The van der Waals surface area contributed by atoms with Crippen LogP contribution in [0, 0.1) is 6.92 Å². The lowest BCUT2D eigenvalue weighted by atomic mass is 10.1. The Hall–Kier alpha value is -1.36. The fraction of sp³-hybridized carbons (Fsp3) is 0.667. The standard InChI is InChI=1S/C12H22N4O/c1-4-9(6-7-17)14-12-8(3)11(13)15-10(5-2)16-12/h9,17H,4-7H2,1-3H3,(H3,13,14,15,16). The normalized spacial score (nSPS) is 12.5. The minimum absolute atomic E-state index is 0.172. The molecule has 0 spiro atoms. The highest BCUT2D eigenvalue weighted by atomic mass is 16.3. The molecule has 0 aliphatic carbocycles. The summed E-state index contributed by atoms with van der Waals surface area (Å²) in [5.41, 5.74) is 6.72. The van der Waals surface area contributed by atoms with Gasteiger partial charge >= 0.3 is 0 Å². The average Bonchev–Trinajstić information content (AvgIpc) is 2.33. The fourth-order valence-electron chi connectivity index (χ4n) is 1.61. The summed E-state index contributed by atoms with van der Waals surface area (Å²) in [5, 5.41) is 12.3. The monoisotopic (exact) mass is 238 g/mol. The topological polar surface area (TPSA) is 84.1 Å². The molecular formula is C12H22N4O. The van der Waals surface area contributed by atoms with Crippen LogP contribution in [0.1, 0.15) is 38.1 Å². The van der Waals surface area contributed by atoms with Crippen molar-refractivity contribution in [2.75, 3.05) is 17.7 Å². The molecule has 0 fully saturated rings. The first-order valence-corrected chi connectivity index (χ1v) is 6.12. The molecule has 0 amide bonds. The summed E-state index contributed by atoms with van der Waals surface area (Å²) >= 11 is 0. The SMILES string of the molecule is CCc1nc(N)c(C)c(NC(CC)CCO)n1. The Morgan fingerprint density at radius 3 is 2.59 bits per heavy atom. The van der Waals surface area contributed by atoms with E-state index in [0.29, 0.717) is 12.2 Å². The predicted octanol–water partition coefficient (Wildman–Crippen LogP) is 1.50. The van der Waals surface area contributed by atoms with Crippen molar-refractivity contribution in [1.29, 1.82) is 0 Å². The van der Waals surface area contributed by atoms with Crippen LogP contribution in [0.15, 0.2) is 0 Å². The van der Waals surface area contributed by atoms with Crippen molar-refractivity contribution in [1.82, 2.24) is 9.97 Å². The van der Waals surface area contributed by atoms with E-state index < -0.39 is 0 Å². The van der Waals surface area contributed by atoms with E-state index in [1.807, 2.05) is 13.8 Å². The first-order valence-electron chi connectivity index (χ1n) is 6.12. The van der Waals surface area contributed by atoms with E-state index >= 15 is 0 Å². The number of aryl methyl sites for hydroxylation is 1. The highest BCUT2D eigenvalue weighted by Gasteiger charge is 2.11. The van der Waals surface area contributed by atoms with Crippen LogP contribution in [0.25, 0.3) is 0 Å². The zero-order chi connectivity index (χ0) is 12.8. The van der Waals surface area contributed by atoms with Gasteiger partial charge in [0.15, 0.2) is 0 Å². The minimum Gasteiger partial charge on any atom is -0.396 e. The molecule has 1 atom stereocenters. The van der Waals surface area contributed by atoms with Crippen LogP contribution in [0.3, 0.4) is 0 Å². The second kappa shape index (κ2) is 6.39. The van der Waals surface area contributed by atoms with Crippen LogP contribution >= 0.6 is 0 Å². The lowest BCUT2D eigenvalue weighted by Crippen LogP contribution is -2.22. The summed E-state index contributed by atoms with van der Waals surface area (Å²) in [5.74, 6) is 2.06. The molecule has 0 saturated heterocycles. The maximum atomic E-state index is 8.97. The first-order chi connectivity index (χ1) is 8.12. The third kappa shape index (κ3) is 3.56. The summed E-state index contributed by atoms with van der Waals surface area (Å²) in [7, 11) is 0. The predicted molar refractivity (Wildman–Crippen MR) is 70.0 cm³/mol. The van der Waals surface area contributed by atoms with Gasteiger partial charge in [-0.2, -0.15) is 0 Å². The van der Waals surface area contributed by atoms with Crippen LogP contribution in [0.4, 0.5) is 11.6 Å². The number of rotatable bonds is 6. The van der Waals surface area contributed by atoms with Gasteiger partial charge in [-0.15, -0.1) is 0 Å². The van der Waals surface area contributed by atoms with E-state index in [9.17, 15) is 0 Å². The van der Waals surface area contributed by atoms with Crippen molar-refractivity contribution >= 4 is 11.6 Å². The zero-order valence-electron chi connectivity index (χ0n) is 10.8. The van der Waals surface area contributed by atoms with Crippen molar-refractivity contribution in [2.45, 2.75) is 46.1 Å². The summed E-state index contributed by atoms with van der Waals surface area (Å²) in [4.78, 5) is 8.65. The van der Waals surface area contributed by atoms with Gasteiger partial charge in [0.2, 0.25) is 0 Å². The number of aliphatic hydroxyl groups excluding tert-OH is 1. The van der Waals surface area contributed by atoms with Gasteiger partial charge in [0.25, 0.3) is 0 Å². The van der Waals surface area contributed by atoms with Crippen molar-refractivity contribution in [3.8, 4) is 0 Å². The van der Waals surface area contributed by atoms with Crippen LogP contribution in [-0.4, -0.2) is 27.7 Å². The maximum absolute atomic E-state index is 8.97. The van der Waals surface area contributed by atoms with Crippen molar-refractivity contribution < 1.29 is 5.11 Å². The third-order valence-electron chi connectivity index (χ3n) is 2.86. The van der Waals surface area contributed by atoms with Gasteiger partial charge in [-0.1, -0.05) is 13.8 Å². The number of hydrogen-bond donors (Lipinski definition) is 3. The van der Waals surface area contributed by atoms with Gasteiger partial charge in [-0.3, -0.25) is 0 Å². The van der Waals surface area contributed by atoms with Gasteiger partial charge < -0.3 is 16.2 Å². The Morgan fingerprint density at radius 2 is 2.06 bits per heavy atom. The molecule has 1 rings (SSSR count). The van der Waals surface area contributed by atoms with E-state index in [1.165, 1.54) is 0 Å². The third-order valence-corrected chi connectivity index (χ3v) is 2.86. The number of nitrogens with two attached hydrogens (primary N) is 1. The number of hydrogen-bond acceptors (Lipinski definition) is 5. The van der Waals surface area contributed by atoms with E-state index in [4.69, 9.17) is 10.8 Å². The van der Waals surface area contributed by atoms with Gasteiger partial charge in [0.05, 0.1) is 0 Å². The minimum atomic E-state index is 0.172. The Bertz CT molecular complexity index is 368. The van der Waals surface area contributed by atoms with Gasteiger partial charge in [-0.25, -0.2) is 9.97 Å². The van der Waals surface area contributed by atoms with Crippen molar-refractivity contribution in [3.63, 3.8) is 0 Å². The van der Waals surface area contributed by atoms with Crippen LogP contribution in [0.2, 0.25) is 0 Å². The smallest absolute Gasteiger partial charge is 0.134 e. The van der Waals surface area contributed by atoms with Gasteiger partial charge in [-0.05, 0) is 19.8 Å². The van der Waals surface area contributed by atoms with Gasteiger partial charge in [0.1, 0.15) is 17.5 Å². The summed E-state index contributed by atoms with van der Waals surface area (Å²) in [6, 6.07) is 0.220. The molecule has 1 aromatic rings. The zero-order valence-corrected chi connectivity index (χ0v) is 10.8. The molecule has 5 nitrogen and oxygen atoms in total. The van der Waals surface area contributed by atoms with Crippen LogP contribution in [-0.2, 0) is 6.42 Å². The molecule has 1 unspecified atom stereocenters. The summed E-state index contributed by atoms with van der Waals surface area (Å²) in [6.45, 7) is 6.15. The van der Waals surface area contributed by atoms with E-state index in [2.05, 4.69) is 22.2 Å². The van der Waals surface area contributed by atoms with Gasteiger partial charge in [0, 0.05) is 24.6 Å². The molecular weight excluding hydrogens is 216 g/mol. The van der Waals surface area contributed by atoms with Crippen LogP contribution in [0.5, 0.6) is 0 Å². The Labute approximate surface area is 102 Å². The van der Waals surface area contributed by atoms with E-state index in [-0.39, 0.29) is 12.6 Å². The molecule has 0 bridgehead atoms. The number of aromatic nitrogens is 2. The highest BCUT2D eigenvalue weighted by Crippen LogP contribution is 2.19. The summed E-state index contributed by atoms with van der Waals surface area (Å²) in [6.07, 6.45) is 2.41. The second-order valence-corrected chi connectivity index (χ2v) is 4.11. The molecule has 0 aromatic carbocycles. The first kappa shape index (κ1) is 13.7. The lowest BCUT2D eigenvalue weighted by molar-refractivity contribution is 0.278. The molecule has 0 aliphatic rings. The number of nitrogens with zero attached hydrogens (tertiary/aromatic N) is 2. The Kier molecular flexibility index (Phi) is 5.15. The molecule has 0 aliphatic heterocycles. The molecule has 1 aromatic heterocycles. The molecule has 0 radical (unpaired) electrons. The molecule has 4 N–H and O–H groups in total. The van der Waals surface area contributed by atoms with Crippen LogP contribution < -0.4 is 11.1 Å². The quantitative estimate of drug-likeness (QED) is 0.699. The highest BCUT2D eigenvalue weighted by molar-refractivity contribution is 5.55.